The summed E-state index contributed by atoms with van der Waals surface area (Å²) in [5.41, 5.74) is 4.99. The maximum absolute atomic E-state index is 12.7. The van der Waals surface area contributed by atoms with Gasteiger partial charge in [-0.2, -0.15) is 0 Å². The Balaban J connectivity index is 1.72. The number of anilines is 1. The molecule has 2 heterocycles. The summed E-state index contributed by atoms with van der Waals surface area (Å²) in [6, 6.07) is 17.2. The van der Waals surface area contributed by atoms with Crippen LogP contribution in [0, 0.1) is 10.5 Å². The summed E-state index contributed by atoms with van der Waals surface area (Å²) in [5, 5.41) is 2.97. The molecule has 2 aromatic heterocycles. The zero-order valence-corrected chi connectivity index (χ0v) is 17.6. The Bertz CT molecular complexity index is 1180. The number of nitrogens with zero attached hydrogens (tertiary/aromatic N) is 2. The highest BCUT2D eigenvalue weighted by Gasteiger charge is 2.14. The van der Waals surface area contributed by atoms with Gasteiger partial charge in [0.25, 0.3) is 5.91 Å². The molecule has 0 aliphatic carbocycles. The summed E-state index contributed by atoms with van der Waals surface area (Å²) < 4.78 is 8.33. The van der Waals surface area contributed by atoms with Gasteiger partial charge in [-0.15, -0.1) is 0 Å². The summed E-state index contributed by atoms with van der Waals surface area (Å²) in [5.74, 6) is 0.425. The van der Waals surface area contributed by atoms with Crippen LogP contribution >= 0.6 is 22.6 Å². The molecule has 0 bridgehead atoms. The highest BCUT2D eigenvalue weighted by atomic mass is 127. The minimum Gasteiger partial charge on any atom is -0.495 e. The number of hydrogen-bond acceptors (Lipinski definition) is 3. The molecule has 4 rings (SSSR count). The molecule has 0 aliphatic rings. The van der Waals surface area contributed by atoms with Crippen LogP contribution in [0.2, 0.25) is 0 Å². The number of aryl methyl sites for hydroxylation is 1. The molecule has 0 saturated carbocycles. The molecule has 0 fully saturated rings. The third kappa shape index (κ3) is 3.47. The first-order valence-corrected chi connectivity index (χ1v) is 9.83. The average molecular weight is 483 g/mol. The molecule has 28 heavy (non-hydrogen) atoms. The van der Waals surface area contributed by atoms with Crippen molar-refractivity contribution in [1.29, 1.82) is 0 Å². The second-order valence-electron chi connectivity index (χ2n) is 6.40. The number of rotatable bonds is 4. The Morgan fingerprint density at radius 3 is 2.71 bits per heavy atom. The SMILES string of the molecule is COc1ccc(-c2cn3cccc(C)c3n2)cc1NC(=O)c1ccccc1I. The van der Waals surface area contributed by atoms with Gasteiger partial charge >= 0.3 is 0 Å². The van der Waals surface area contributed by atoms with Crippen molar-refractivity contribution in [1.82, 2.24) is 9.38 Å². The largest absolute Gasteiger partial charge is 0.495 e. The Morgan fingerprint density at radius 1 is 1.14 bits per heavy atom. The van der Waals surface area contributed by atoms with Crippen LogP contribution in [0.1, 0.15) is 15.9 Å². The van der Waals surface area contributed by atoms with Gasteiger partial charge in [-0.25, -0.2) is 4.98 Å². The van der Waals surface area contributed by atoms with Gasteiger partial charge in [0.15, 0.2) is 0 Å². The van der Waals surface area contributed by atoms with E-state index in [0.29, 0.717) is 17.0 Å². The van der Waals surface area contributed by atoms with Crippen molar-refractivity contribution in [2.45, 2.75) is 6.92 Å². The molecule has 6 heteroatoms. The van der Waals surface area contributed by atoms with Crippen LogP contribution in [-0.2, 0) is 0 Å². The van der Waals surface area contributed by atoms with E-state index in [9.17, 15) is 4.79 Å². The molecule has 4 aromatic rings. The smallest absolute Gasteiger partial charge is 0.256 e. The Hall–Kier alpha value is -2.87. The predicted molar refractivity (Wildman–Crippen MR) is 119 cm³/mol. The van der Waals surface area contributed by atoms with E-state index in [2.05, 4.69) is 27.9 Å². The lowest BCUT2D eigenvalue weighted by Crippen LogP contribution is -2.14. The number of carbonyl (C=O) groups excluding carboxylic acids is 1. The minimum absolute atomic E-state index is 0.175. The van der Waals surface area contributed by atoms with E-state index in [0.717, 1.165) is 26.0 Å². The summed E-state index contributed by atoms with van der Waals surface area (Å²) in [4.78, 5) is 17.5. The van der Waals surface area contributed by atoms with Crippen molar-refractivity contribution in [2.24, 2.45) is 0 Å². The molecule has 140 valence electrons. The monoisotopic (exact) mass is 483 g/mol. The van der Waals surface area contributed by atoms with Crippen molar-refractivity contribution < 1.29 is 9.53 Å². The summed E-state index contributed by atoms with van der Waals surface area (Å²) in [7, 11) is 1.59. The van der Waals surface area contributed by atoms with Crippen LogP contribution in [0.5, 0.6) is 5.75 Å². The van der Waals surface area contributed by atoms with Gasteiger partial charge < -0.3 is 14.5 Å². The number of nitrogens with one attached hydrogen (secondary N) is 1. The fourth-order valence-corrected chi connectivity index (χ4v) is 3.73. The summed E-state index contributed by atoms with van der Waals surface area (Å²) in [6.45, 7) is 2.03. The van der Waals surface area contributed by atoms with Crippen LogP contribution in [0.3, 0.4) is 0 Å². The van der Waals surface area contributed by atoms with E-state index < -0.39 is 0 Å². The van der Waals surface area contributed by atoms with Gasteiger partial charge in [-0.3, -0.25) is 4.79 Å². The maximum Gasteiger partial charge on any atom is 0.256 e. The molecule has 0 atom stereocenters. The lowest BCUT2D eigenvalue weighted by molar-refractivity contribution is 0.102. The van der Waals surface area contributed by atoms with Gasteiger partial charge in [-0.1, -0.05) is 18.2 Å². The molecule has 5 nitrogen and oxygen atoms in total. The van der Waals surface area contributed by atoms with Crippen molar-refractivity contribution >= 4 is 39.8 Å². The zero-order valence-electron chi connectivity index (χ0n) is 15.4. The van der Waals surface area contributed by atoms with Crippen LogP contribution < -0.4 is 10.1 Å². The number of fused-ring (bicyclic) bond motifs is 1. The highest BCUT2D eigenvalue weighted by molar-refractivity contribution is 14.1. The maximum atomic E-state index is 12.7. The van der Waals surface area contributed by atoms with Crippen molar-refractivity contribution in [3.8, 4) is 17.0 Å². The quantitative estimate of drug-likeness (QED) is 0.408. The molecule has 2 aromatic carbocycles. The second kappa shape index (κ2) is 7.63. The Kier molecular flexibility index (Phi) is 5.04. The van der Waals surface area contributed by atoms with Gasteiger partial charge in [0, 0.05) is 21.5 Å². The first kappa shape index (κ1) is 18.5. The summed E-state index contributed by atoms with van der Waals surface area (Å²) >= 11 is 2.16. The molecule has 0 saturated heterocycles. The molecular weight excluding hydrogens is 465 g/mol. The highest BCUT2D eigenvalue weighted by Crippen LogP contribution is 2.31. The standard InChI is InChI=1S/C22H18IN3O2/c1-14-6-5-11-26-13-19(24-21(14)26)15-9-10-20(28-2)18(12-15)25-22(27)16-7-3-4-8-17(16)23/h3-13H,1-2H3,(H,25,27). The van der Waals surface area contributed by atoms with Crippen molar-refractivity contribution in [2.75, 3.05) is 12.4 Å². The van der Waals surface area contributed by atoms with E-state index in [-0.39, 0.29) is 5.91 Å². The molecule has 0 unspecified atom stereocenters. The molecule has 0 spiro atoms. The van der Waals surface area contributed by atoms with Crippen LogP contribution in [-0.4, -0.2) is 22.4 Å². The Morgan fingerprint density at radius 2 is 1.96 bits per heavy atom. The number of carbonyl (C=O) groups is 1. The summed E-state index contributed by atoms with van der Waals surface area (Å²) in [6.07, 6.45) is 3.96. The fourth-order valence-electron chi connectivity index (χ4n) is 3.09. The number of pyridine rings is 1. The van der Waals surface area contributed by atoms with Gasteiger partial charge in [-0.05, 0) is 71.5 Å². The third-order valence-electron chi connectivity index (χ3n) is 4.54. The number of methoxy groups -OCH3 is 1. The minimum atomic E-state index is -0.175. The normalized spacial score (nSPS) is 10.8. The molecule has 0 aliphatic heterocycles. The molecule has 1 amide bonds. The third-order valence-corrected chi connectivity index (χ3v) is 5.48. The van der Waals surface area contributed by atoms with Crippen LogP contribution in [0.25, 0.3) is 16.9 Å². The van der Waals surface area contributed by atoms with E-state index in [4.69, 9.17) is 9.72 Å². The lowest BCUT2D eigenvalue weighted by Gasteiger charge is -2.12. The van der Waals surface area contributed by atoms with E-state index >= 15 is 0 Å². The first-order valence-electron chi connectivity index (χ1n) is 8.75. The van der Waals surface area contributed by atoms with Crippen LogP contribution in [0.4, 0.5) is 5.69 Å². The molecule has 0 radical (unpaired) electrons. The predicted octanol–water partition coefficient (Wildman–Crippen LogP) is 5.18. The number of hydrogen-bond donors (Lipinski definition) is 1. The fraction of sp³-hybridized carbons (Fsp3) is 0.0909. The van der Waals surface area contributed by atoms with E-state index in [1.807, 2.05) is 72.2 Å². The van der Waals surface area contributed by atoms with Gasteiger partial charge in [0.05, 0.1) is 24.1 Å². The number of imidazole rings is 1. The zero-order chi connectivity index (χ0) is 19.7. The lowest BCUT2D eigenvalue weighted by atomic mass is 10.1. The van der Waals surface area contributed by atoms with Crippen molar-refractivity contribution in [3.05, 3.63) is 81.7 Å². The second-order valence-corrected chi connectivity index (χ2v) is 7.56. The van der Waals surface area contributed by atoms with Crippen LogP contribution in [0.15, 0.2) is 67.0 Å². The molecule has 1 N–H and O–H groups in total. The average Bonchev–Trinajstić information content (AvgIpc) is 3.14. The van der Waals surface area contributed by atoms with E-state index in [1.54, 1.807) is 13.2 Å². The number of ether oxygens (including phenoxy) is 1. The van der Waals surface area contributed by atoms with Gasteiger partial charge in [0.2, 0.25) is 0 Å². The van der Waals surface area contributed by atoms with Crippen molar-refractivity contribution in [3.63, 3.8) is 0 Å². The number of amides is 1. The number of aromatic nitrogens is 2. The number of benzene rings is 2. The topological polar surface area (TPSA) is 55.6 Å². The first-order chi connectivity index (χ1) is 13.6. The number of halogens is 1. The van der Waals surface area contributed by atoms with Gasteiger partial charge in [0.1, 0.15) is 11.4 Å². The Labute approximate surface area is 176 Å². The molecular formula is C22H18IN3O2. The van der Waals surface area contributed by atoms with E-state index in [1.165, 1.54) is 0 Å².